The first kappa shape index (κ1) is 13.4. The fourth-order valence-electron chi connectivity index (χ4n) is 2.37. The van der Waals surface area contributed by atoms with E-state index in [9.17, 15) is 0 Å². The van der Waals surface area contributed by atoms with E-state index >= 15 is 0 Å². The number of halogens is 1. The number of alkyl halides is 1. The molecular weight excluding hydrogens is 250 g/mol. The standard InChI is InChI=1S/C13H20ClN3O/c1-4-18-13-9(2)12(15-8-16-13)17(3)7-10-5-11(14)6-10/h8,10-11H,4-7H2,1-3H3. The van der Waals surface area contributed by atoms with Crippen molar-refractivity contribution in [2.24, 2.45) is 5.92 Å². The first-order valence-electron chi connectivity index (χ1n) is 6.41. The van der Waals surface area contributed by atoms with E-state index in [0.717, 1.165) is 30.8 Å². The van der Waals surface area contributed by atoms with Crippen LogP contribution in [0.2, 0.25) is 0 Å². The fraction of sp³-hybridized carbons (Fsp3) is 0.692. The number of nitrogens with zero attached hydrogens (tertiary/aromatic N) is 3. The second kappa shape index (κ2) is 5.74. The van der Waals surface area contributed by atoms with Crippen molar-refractivity contribution < 1.29 is 4.74 Å². The van der Waals surface area contributed by atoms with Crippen molar-refractivity contribution in [3.8, 4) is 5.88 Å². The summed E-state index contributed by atoms with van der Waals surface area (Å²) in [4.78, 5) is 10.7. The highest BCUT2D eigenvalue weighted by Crippen LogP contribution is 2.33. The molecule has 1 aliphatic carbocycles. The monoisotopic (exact) mass is 269 g/mol. The third-order valence-corrected chi connectivity index (χ3v) is 3.72. The molecule has 1 saturated carbocycles. The van der Waals surface area contributed by atoms with Crippen LogP contribution in [0.25, 0.3) is 0 Å². The van der Waals surface area contributed by atoms with E-state index in [1.54, 1.807) is 6.33 Å². The quantitative estimate of drug-likeness (QED) is 0.771. The van der Waals surface area contributed by atoms with Gasteiger partial charge in [-0.15, -0.1) is 11.6 Å². The van der Waals surface area contributed by atoms with E-state index in [1.807, 2.05) is 13.8 Å². The highest BCUT2D eigenvalue weighted by Gasteiger charge is 2.28. The molecule has 4 nitrogen and oxygen atoms in total. The third kappa shape index (κ3) is 2.86. The molecule has 5 heteroatoms. The minimum atomic E-state index is 0.369. The van der Waals surface area contributed by atoms with Crippen LogP contribution in [0.1, 0.15) is 25.3 Å². The van der Waals surface area contributed by atoms with Gasteiger partial charge in [-0.3, -0.25) is 0 Å². The van der Waals surface area contributed by atoms with E-state index < -0.39 is 0 Å². The molecule has 1 aromatic rings. The number of aromatic nitrogens is 2. The van der Waals surface area contributed by atoms with Gasteiger partial charge in [0, 0.05) is 19.0 Å². The molecule has 0 N–H and O–H groups in total. The Hall–Kier alpha value is -1.03. The number of ether oxygens (including phenoxy) is 1. The van der Waals surface area contributed by atoms with Crippen molar-refractivity contribution >= 4 is 17.4 Å². The lowest BCUT2D eigenvalue weighted by atomic mass is 9.84. The molecule has 0 aromatic carbocycles. The number of hydrogen-bond acceptors (Lipinski definition) is 4. The van der Waals surface area contributed by atoms with Crippen LogP contribution < -0.4 is 9.64 Å². The molecule has 1 aromatic heterocycles. The second-order valence-corrected chi connectivity index (χ2v) is 5.49. The minimum absolute atomic E-state index is 0.369. The van der Waals surface area contributed by atoms with Gasteiger partial charge in [0.15, 0.2) is 0 Å². The molecule has 1 fully saturated rings. The largest absolute Gasteiger partial charge is 0.478 e. The van der Waals surface area contributed by atoms with Crippen LogP contribution in [0, 0.1) is 12.8 Å². The molecule has 0 bridgehead atoms. The zero-order chi connectivity index (χ0) is 13.1. The van der Waals surface area contributed by atoms with E-state index in [2.05, 4.69) is 21.9 Å². The van der Waals surface area contributed by atoms with Crippen LogP contribution in [-0.2, 0) is 0 Å². The summed E-state index contributed by atoms with van der Waals surface area (Å²) in [6.07, 6.45) is 3.78. The maximum Gasteiger partial charge on any atom is 0.221 e. The van der Waals surface area contributed by atoms with Crippen molar-refractivity contribution in [2.45, 2.75) is 32.1 Å². The Kier molecular flexibility index (Phi) is 4.27. The van der Waals surface area contributed by atoms with Gasteiger partial charge < -0.3 is 9.64 Å². The molecule has 1 heterocycles. The first-order valence-corrected chi connectivity index (χ1v) is 6.85. The molecule has 0 atom stereocenters. The Balaban J connectivity index is 2.04. The fourth-order valence-corrected chi connectivity index (χ4v) is 2.87. The highest BCUT2D eigenvalue weighted by molar-refractivity contribution is 6.21. The van der Waals surface area contributed by atoms with Gasteiger partial charge in [0.05, 0.1) is 12.2 Å². The smallest absolute Gasteiger partial charge is 0.221 e. The predicted octanol–water partition coefficient (Wildman–Crippen LogP) is 2.64. The average Bonchev–Trinajstić information content (AvgIpc) is 2.30. The van der Waals surface area contributed by atoms with Crippen molar-refractivity contribution in [3.05, 3.63) is 11.9 Å². The van der Waals surface area contributed by atoms with Gasteiger partial charge in [0.2, 0.25) is 5.88 Å². The zero-order valence-corrected chi connectivity index (χ0v) is 11.9. The van der Waals surface area contributed by atoms with E-state index in [1.165, 1.54) is 0 Å². The summed E-state index contributed by atoms with van der Waals surface area (Å²) in [7, 11) is 2.06. The molecule has 1 aliphatic rings. The van der Waals surface area contributed by atoms with E-state index in [0.29, 0.717) is 23.8 Å². The molecule has 18 heavy (non-hydrogen) atoms. The van der Waals surface area contributed by atoms with E-state index in [4.69, 9.17) is 16.3 Å². The summed E-state index contributed by atoms with van der Waals surface area (Å²) in [6, 6.07) is 0. The van der Waals surface area contributed by atoms with Gasteiger partial charge in [-0.25, -0.2) is 9.97 Å². The van der Waals surface area contributed by atoms with Gasteiger partial charge in [0.25, 0.3) is 0 Å². The van der Waals surface area contributed by atoms with Crippen LogP contribution in [-0.4, -0.2) is 35.5 Å². The number of anilines is 1. The summed E-state index contributed by atoms with van der Waals surface area (Å²) in [5.74, 6) is 2.31. The van der Waals surface area contributed by atoms with Crippen LogP contribution in [0.3, 0.4) is 0 Å². The Morgan fingerprint density at radius 3 is 2.78 bits per heavy atom. The Morgan fingerprint density at radius 1 is 1.44 bits per heavy atom. The molecule has 100 valence electrons. The second-order valence-electron chi connectivity index (χ2n) is 4.88. The number of rotatable bonds is 5. The summed E-state index contributed by atoms with van der Waals surface area (Å²) in [5, 5.41) is 0.369. The maximum absolute atomic E-state index is 6.01. The van der Waals surface area contributed by atoms with Crippen LogP contribution in [0.5, 0.6) is 5.88 Å². The minimum Gasteiger partial charge on any atom is -0.478 e. The van der Waals surface area contributed by atoms with Crippen LogP contribution in [0.4, 0.5) is 5.82 Å². The lowest BCUT2D eigenvalue weighted by molar-refractivity contribution is 0.320. The topological polar surface area (TPSA) is 38.3 Å². The molecular formula is C13H20ClN3O. The molecule has 2 rings (SSSR count). The first-order chi connectivity index (χ1) is 8.61. The van der Waals surface area contributed by atoms with Crippen LogP contribution >= 0.6 is 11.6 Å². The molecule has 0 unspecified atom stereocenters. The Bertz CT molecular complexity index is 407. The maximum atomic E-state index is 6.01. The van der Waals surface area contributed by atoms with Gasteiger partial charge in [-0.05, 0) is 32.6 Å². The van der Waals surface area contributed by atoms with Crippen molar-refractivity contribution in [3.63, 3.8) is 0 Å². The van der Waals surface area contributed by atoms with Crippen molar-refractivity contribution in [2.75, 3.05) is 25.1 Å². The SMILES string of the molecule is CCOc1ncnc(N(C)CC2CC(Cl)C2)c1C. The molecule has 0 aliphatic heterocycles. The van der Waals surface area contributed by atoms with Gasteiger partial charge in [0.1, 0.15) is 12.1 Å². The zero-order valence-electron chi connectivity index (χ0n) is 11.2. The Labute approximate surface area is 113 Å². The van der Waals surface area contributed by atoms with Gasteiger partial charge in [-0.2, -0.15) is 0 Å². The van der Waals surface area contributed by atoms with Crippen molar-refractivity contribution in [1.29, 1.82) is 0 Å². The Morgan fingerprint density at radius 2 is 2.17 bits per heavy atom. The van der Waals surface area contributed by atoms with Gasteiger partial charge >= 0.3 is 0 Å². The molecule has 0 amide bonds. The molecule has 0 saturated heterocycles. The summed E-state index contributed by atoms with van der Waals surface area (Å²) >= 11 is 6.01. The highest BCUT2D eigenvalue weighted by atomic mass is 35.5. The lowest BCUT2D eigenvalue weighted by Gasteiger charge is -2.34. The van der Waals surface area contributed by atoms with Crippen LogP contribution in [0.15, 0.2) is 6.33 Å². The lowest BCUT2D eigenvalue weighted by Crippen LogP contribution is -2.35. The predicted molar refractivity (Wildman–Crippen MR) is 73.6 cm³/mol. The summed E-state index contributed by atoms with van der Waals surface area (Å²) in [5.41, 5.74) is 1.00. The molecule has 0 radical (unpaired) electrons. The number of hydrogen-bond donors (Lipinski definition) is 0. The van der Waals surface area contributed by atoms with Gasteiger partial charge in [-0.1, -0.05) is 0 Å². The molecule has 0 spiro atoms. The third-order valence-electron chi connectivity index (χ3n) is 3.36. The summed E-state index contributed by atoms with van der Waals surface area (Å²) in [6.45, 7) is 5.58. The summed E-state index contributed by atoms with van der Waals surface area (Å²) < 4.78 is 5.49. The van der Waals surface area contributed by atoms with E-state index in [-0.39, 0.29) is 0 Å². The normalized spacial score (nSPS) is 22.4. The average molecular weight is 270 g/mol. The van der Waals surface area contributed by atoms with Crippen molar-refractivity contribution in [1.82, 2.24) is 9.97 Å².